The second-order valence-electron chi connectivity index (χ2n) is 6.07. The number of carboxylic acid groups (broad SMARTS) is 1. The molecule has 7 heteroatoms. The van der Waals surface area contributed by atoms with Crippen molar-refractivity contribution in [2.75, 3.05) is 0 Å². The molecular formula is C12H24NO5P. The Kier molecular flexibility index (Phi) is 6.73. The minimum Gasteiger partial charge on any atom is -0.481 e. The van der Waals surface area contributed by atoms with Crippen LogP contribution in [-0.4, -0.2) is 27.4 Å². The fourth-order valence-corrected chi connectivity index (χ4v) is 2.50. The van der Waals surface area contributed by atoms with Crippen LogP contribution in [0.25, 0.3) is 0 Å². The molecule has 0 radical (unpaired) electrons. The third-order valence-corrected chi connectivity index (χ3v) is 4.16. The summed E-state index contributed by atoms with van der Waals surface area (Å²) in [5.74, 6) is -3.11. The summed E-state index contributed by atoms with van der Waals surface area (Å²) in [4.78, 5) is 21.9. The Bertz CT molecular complexity index is 353. The number of rotatable bonds is 8. The first kappa shape index (κ1) is 18.1. The van der Waals surface area contributed by atoms with E-state index < -0.39 is 31.6 Å². The highest BCUT2D eigenvalue weighted by molar-refractivity contribution is 7.25. The van der Waals surface area contributed by atoms with Crippen molar-refractivity contribution < 1.29 is 24.4 Å². The van der Waals surface area contributed by atoms with Crippen LogP contribution in [0.5, 0.6) is 0 Å². The molecule has 112 valence electrons. The zero-order valence-corrected chi connectivity index (χ0v) is 12.8. The van der Waals surface area contributed by atoms with Crippen LogP contribution >= 0.6 is 8.46 Å². The fraction of sp³-hybridized carbons (Fsp3) is 0.833. The van der Waals surface area contributed by atoms with Crippen LogP contribution in [0.3, 0.4) is 0 Å². The molecule has 6 nitrogen and oxygen atoms in total. The molecule has 1 amide bonds. The van der Waals surface area contributed by atoms with Gasteiger partial charge in [0.25, 0.3) is 0 Å². The number of carboxylic acids is 1. The lowest BCUT2D eigenvalue weighted by Gasteiger charge is -2.31. The van der Waals surface area contributed by atoms with Crippen molar-refractivity contribution in [3.63, 3.8) is 0 Å². The van der Waals surface area contributed by atoms with Gasteiger partial charge in [0.1, 0.15) is 5.34 Å². The van der Waals surface area contributed by atoms with Gasteiger partial charge >= 0.3 is 5.97 Å². The second kappa shape index (κ2) is 7.06. The topological polar surface area (TPSA) is 118 Å². The van der Waals surface area contributed by atoms with E-state index in [1.807, 2.05) is 20.8 Å². The molecule has 0 aliphatic rings. The molecule has 0 saturated carbocycles. The number of primary amides is 1. The van der Waals surface area contributed by atoms with Crippen molar-refractivity contribution in [3.05, 3.63) is 0 Å². The molecule has 0 heterocycles. The van der Waals surface area contributed by atoms with Crippen molar-refractivity contribution in [2.24, 2.45) is 17.1 Å². The summed E-state index contributed by atoms with van der Waals surface area (Å²) in [6, 6.07) is 0. The molecule has 0 saturated heterocycles. The lowest BCUT2D eigenvalue weighted by Crippen LogP contribution is -2.39. The summed E-state index contributed by atoms with van der Waals surface area (Å²) in [7, 11) is -1.68. The Balaban J connectivity index is 4.94. The molecule has 19 heavy (non-hydrogen) atoms. The first-order valence-corrected chi connectivity index (χ1v) is 7.26. The minimum absolute atomic E-state index is 0.0967. The van der Waals surface area contributed by atoms with Gasteiger partial charge in [0.05, 0.1) is 14.4 Å². The zero-order chi connectivity index (χ0) is 15.3. The predicted octanol–water partition coefficient (Wildman–Crippen LogP) is 1.22. The number of hydrogen-bond donors (Lipinski definition) is 3. The maximum Gasteiger partial charge on any atom is 0.309 e. The van der Waals surface area contributed by atoms with Crippen molar-refractivity contribution >= 4 is 20.3 Å². The van der Waals surface area contributed by atoms with Gasteiger partial charge in [0, 0.05) is 6.42 Å². The average molecular weight is 293 g/mol. The van der Waals surface area contributed by atoms with Gasteiger partial charge in [0.15, 0.2) is 0 Å². The monoisotopic (exact) mass is 293 g/mol. The quantitative estimate of drug-likeness (QED) is 0.582. The highest BCUT2D eigenvalue weighted by atomic mass is 31.1. The van der Waals surface area contributed by atoms with Gasteiger partial charge in [-0.3, -0.25) is 9.59 Å². The summed E-state index contributed by atoms with van der Waals surface area (Å²) >= 11 is 0. The molecular weight excluding hydrogens is 269 g/mol. The lowest BCUT2D eigenvalue weighted by molar-refractivity contribution is -0.148. The number of nitrogens with two attached hydrogens (primary N) is 1. The first-order chi connectivity index (χ1) is 8.52. The van der Waals surface area contributed by atoms with Crippen LogP contribution in [-0.2, 0) is 14.2 Å². The summed E-state index contributed by atoms with van der Waals surface area (Å²) in [6.07, 6.45) is 0.430. The molecule has 3 unspecified atom stereocenters. The maximum atomic E-state index is 11.3. The van der Waals surface area contributed by atoms with Crippen molar-refractivity contribution in [1.82, 2.24) is 0 Å². The van der Waals surface area contributed by atoms with E-state index in [-0.39, 0.29) is 24.7 Å². The minimum atomic E-state index is -1.76. The van der Waals surface area contributed by atoms with Crippen LogP contribution in [0.4, 0.5) is 0 Å². The fourth-order valence-electron chi connectivity index (χ4n) is 1.76. The number of aliphatic carboxylic acids is 1. The molecule has 0 aromatic rings. The summed E-state index contributed by atoms with van der Waals surface area (Å²) in [6.45, 7) is 5.85. The molecule has 0 bridgehead atoms. The Morgan fingerprint density at radius 3 is 2.11 bits per heavy atom. The summed E-state index contributed by atoms with van der Waals surface area (Å²) in [5.41, 5.74) is 4.88. The van der Waals surface area contributed by atoms with Crippen LogP contribution in [0.2, 0.25) is 0 Å². The van der Waals surface area contributed by atoms with Crippen LogP contribution in [0.1, 0.15) is 46.5 Å². The summed E-state index contributed by atoms with van der Waals surface area (Å²) in [5, 5.41) is 17.7. The SMILES string of the molecule is CC(C)(C)CCC(O)([PH2]=O)C(CCC(N)=O)C(=O)O. The molecule has 0 fully saturated rings. The van der Waals surface area contributed by atoms with Crippen molar-refractivity contribution in [2.45, 2.75) is 51.8 Å². The van der Waals surface area contributed by atoms with Gasteiger partial charge in [-0.1, -0.05) is 20.8 Å². The molecule has 0 rings (SSSR count). The van der Waals surface area contributed by atoms with E-state index >= 15 is 0 Å². The van der Waals surface area contributed by atoms with Gasteiger partial charge in [-0.2, -0.15) is 0 Å². The largest absolute Gasteiger partial charge is 0.481 e. The Morgan fingerprint density at radius 1 is 1.26 bits per heavy atom. The van der Waals surface area contributed by atoms with Gasteiger partial charge in [-0.25, -0.2) is 0 Å². The van der Waals surface area contributed by atoms with Gasteiger partial charge in [-0.15, -0.1) is 0 Å². The maximum absolute atomic E-state index is 11.3. The van der Waals surface area contributed by atoms with E-state index in [4.69, 9.17) is 10.8 Å². The zero-order valence-electron chi connectivity index (χ0n) is 11.7. The number of amides is 1. The number of aliphatic hydroxyl groups is 1. The normalized spacial score (nSPS) is 17.3. The van der Waals surface area contributed by atoms with E-state index in [1.165, 1.54) is 0 Å². The molecule has 4 N–H and O–H groups in total. The Hall–Kier alpha value is -0.870. The van der Waals surface area contributed by atoms with E-state index in [2.05, 4.69) is 0 Å². The molecule has 0 aromatic heterocycles. The van der Waals surface area contributed by atoms with Crippen LogP contribution < -0.4 is 5.73 Å². The first-order valence-electron chi connectivity index (χ1n) is 6.21. The molecule has 0 spiro atoms. The molecule has 0 aliphatic heterocycles. The standard InChI is InChI=1S/C12H24NO5P/c1-11(2,3)6-7-12(17,19-18)8(10(15)16)4-5-9(13)14/h8,17H,4-7,19H2,1-3H3,(H2,13,14)(H,15,16). The molecule has 0 aromatic carbocycles. The highest BCUT2D eigenvalue weighted by Gasteiger charge is 2.41. The van der Waals surface area contributed by atoms with Crippen molar-refractivity contribution in [3.8, 4) is 0 Å². The van der Waals surface area contributed by atoms with E-state index in [1.54, 1.807) is 0 Å². The van der Waals surface area contributed by atoms with Crippen LogP contribution in [0.15, 0.2) is 0 Å². The Morgan fingerprint density at radius 2 is 1.79 bits per heavy atom. The highest BCUT2D eigenvalue weighted by Crippen LogP contribution is 2.39. The molecule has 3 atom stereocenters. The van der Waals surface area contributed by atoms with E-state index in [9.17, 15) is 19.3 Å². The third kappa shape index (κ3) is 6.73. The van der Waals surface area contributed by atoms with Gasteiger partial charge < -0.3 is 20.5 Å². The second-order valence-corrected chi connectivity index (χ2v) is 7.30. The molecule has 0 aliphatic carbocycles. The van der Waals surface area contributed by atoms with Gasteiger partial charge in [0.2, 0.25) is 5.91 Å². The average Bonchev–Trinajstić information content (AvgIpc) is 2.24. The third-order valence-electron chi connectivity index (χ3n) is 3.06. The van der Waals surface area contributed by atoms with Crippen LogP contribution in [0, 0.1) is 11.3 Å². The predicted molar refractivity (Wildman–Crippen MR) is 73.6 cm³/mol. The Labute approximate surface area is 114 Å². The van der Waals surface area contributed by atoms with Crippen molar-refractivity contribution in [1.29, 1.82) is 0 Å². The smallest absolute Gasteiger partial charge is 0.309 e. The number of carbonyl (C=O) groups excluding carboxylic acids is 1. The number of carbonyl (C=O) groups is 2. The van der Waals surface area contributed by atoms with E-state index in [0.717, 1.165) is 0 Å². The number of hydrogen-bond acceptors (Lipinski definition) is 4. The summed E-state index contributed by atoms with van der Waals surface area (Å²) < 4.78 is 11.3. The van der Waals surface area contributed by atoms with E-state index in [0.29, 0.717) is 6.42 Å². The van der Waals surface area contributed by atoms with Gasteiger partial charge in [-0.05, 0) is 24.7 Å². The lowest BCUT2D eigenvalue weighted by atomic mass is 9.85.